The molecule has 26 heavy (non-hydrogen) atoms. The molecule has 0 aliphatic heterocycles. The predicted octanol–water partition coefficient (Wildman–Crippen LogP) is 3.67. The van der Waals surface area contributed by atoms with Crippen LogP contribution in [0.15, 0.2) is 48.5 Å². The molecule has 0 saturated carbocycles. The normalized spacial score (nSPS) is 10.1. The molecule has 0 spiro atoms. The van der Waals surface area contributed by atoms with Crippen molar-refractivity contribution < 1.29 is 23.8 Å². The smallest absolute Gasteiger partial charge is 0.338 e. The van der Waals surface area contributed by atoms with Gasteiger partial charge in [0.15, 0.2) is 6.61 Å². The van der Waals surface area contributed by atoms with Crippen molar-refractivity contribution in [3.63, 3.8) is 0 Å². The van der Waals surface area contributed by atoms with Crippen LogP contribution in [0.2, 0.25) is 0 Å². The predicted molar refractivity (Wildman–Crippen MR) is 98.8 cm³/mol. The highest BCUT2D eigenvalue weighted by Gasteiger charge is 2.10. The van der Waals surface area contributed by atoms with Gasteiger partial charge in [0.25, 0.3) is 5.91 Å². The molecule has 0 radical (unpaired) electrons. The quantitative estimate of drug-likeness (QED) is 0.693. The highest BCUT2D eigenvalue weighted by Crippen LogP contribution is 2.16. The van der Waals surface area contributed by atoms with Crippen molar-refractivity contribution in [2.24, 2.45) is 0 Å². The summed E-state index contributed by atoms with van der Waals surface area (Å²) in [4.78, 5) is 23.9. The molecule has 0 unspecified atom stereocenters. The Morgan fingerprint density at radius 2 is 1.50 bits per heavy atom. The Balaban J connectivity index is 1.79. The van der Waals surface area contributed by atoms with Gasteiger partial charge in [-0.2, -0.15) is 0 Å². The van der Waals surface area contributed by atoms with Crippen molar-refractivity contribution in [3.05, 3.63) is 54.1 Å². The lowest BCUT2D eigenvalue weighted by molar-refractivity contribution is -0.119. The van der Waals surface area contributed by atoms with Crippen molar-refractivity contribution in [2.75, 3.05) is 25.1 Å². The number of carbonyl (C=O) groups excluding carboxylic acids is 2. The first-order valence-electron chi connectivity index (χ1n) is 8.55. The van der Waals surface area contributed by atoms with E-state index >= 15 is 0 Å². The second-order valence-corrected chi connectivity index (χ2v) is 5.45. The number of hydrogen-bond acceptors (Lipinski definition) is 5. The van der Waals surface area contributed by atoms with Gasteiger partial charge in [-0.15, -0.1) is 0 Å². The number of nitrogens with one attached hydrogen (secondary N) is 1. The summed E-state index contributed by atoms with van der Waals surface area (Å²) in [6.45, 7) is 4.75. The van der Waals surface area contributed by atoms with Crippen LogP contribution < -0.4 is 14.8 Å². The molecule has 0 atom stereocenters. The van der Waals surface area contributed by atoms with E-state index in [1.165, 1.54) is 0 Å². The van der Waals surface area contributed by atoms with Crippen molar-refractivity contribution >= 4 is 17.6 Å². The lowest BCUT2D eigenvalue weighted by Gasteiger charge is -2.08. The first-order valence-corrected chi connectivity index (χ1v) is 8.55. The fourth-order valence-corrected chi connectivity index (χ4v) is 2.12. The molecule has 2 aromatic carbocycles. The van der Waals surface area contributed by atoms with Crippen molar-refractivity contribution in [1.29, 1.82) is 0 Å². The summed E-state index contributed by atoms with van der Waals surface area (Å²) in [7, 11) is 0. The fraction of sp³-hybridized carbons (Fsp3) is 0.300. The molecule has 2 aromatic rings. The molecular formula is C20H23NO5. The Morgan fingerprint density at radius 3 is 2.12 bits per heavy atom. The number of benzene rings is 2. The second kappa shape index (κ2) is 10.1. The number of esters is 1. The maximum Gasteiger partial charge on any atom is 0.338 e. The molecule has 138 valence electrons. The molecule has 0 aliphatic rings. The Morgan fingerprint density at radius 1 is 0.885 bits per heavy atom. The molecule has 6 heteroatoms. The molecule has 2 rings (SSSR count). The number of anilines is 1. The van der Waals surface area contributed by atoms with Crippen LogP contribution >= 0.6 is 0 Å². The molecule has 0 aliphatic carbocycles. The molecule has 1 amide bonds. The van der Waals surface area contributed by atoms with Gasteiger partial charge in [0.05, 0.1) is 18.8 Å². The van der Waals surface area contributed by atoms with Crippen molar-refractivity contribution in [3.8, 4) is 11.5 Å². The summed E-state index contributed by atoms with van der Waals surface area (Å²) in [6, 6.07) is 13.6. The lowest BCUT2D eigenvalue weighted by Crippen LogP contribution is -2.20. The average Bonchev–Trinajstić information content (AvgIpc) is 2.66. The van der Waals surface area contributed by atoms with Gasteiger partial charge in [-0.1, -0.05) is 6.92 Å². The van der Waals surface area contributed by atoms with Crippen LogP contribution in [-0.4, -0.2) is 31.7 Å². The van der Waals surface area contributed by atoms with Crippen LogP contribution in [0, 0.1) is 0 Å². The molecule has 1 N–H and O–H groups in total. The van der Waals surface area contributed by atoms with Gasteiger partial charge in [-0.05, 0) is 61.9 Å². The summed E-state index contributed by atoms with van der Waals surface area (Å²) < 4.78 is 15.8. The summed E-state index contributed by atoms with van der Waals surface area (Å²) >= 11 is 0. The van der Waals surface area contributed by atoms with Gasteiger partial charge in [-0.3, -0.25) is 4.79 Å². The summed E-state index contributed by atoms with van der Waals surface area (Å²) in [5.74, 6) is 0.444. The van der Waals surface area contributed by atoms with E-state index in [1.807, 2.05) is 13.8 Å². The Bertz CT molecular complexity index is 710. The van der Waals surface area contributed by atoms with E-state index in [1.54, 1.807) is 48.5 Å². The number of amides is 1. The minimum Gasteiger partial charge on any atom is -0.494 e. The first kappa shape index (κ1) is 19.3. The van der Waals surface area contributed by atoms with Crippen LogP contribution in [0.3, 0.4) is 0 Å². The zero-order valence-corrected chi connectivity index (χ0v) is 15.0. The molecule has 0 aromatic heterocycles. The van der Waals surface area contributed by atoms with Crippen LogP contribution in [0.5, 0.6) is 11.5 Å². The van der Waals surface area contributed by atoms with Crippen molar-refractivity contribution in [1.82, 2.24) is 0 Å². The molecule has 0 bridgehead atoms. The van der Waals surface area contributed by atoms with Gasteiger partial charge in [0.1, 0.15) is 11.5 Å². The van der Waals surface area contributed by atoms with Gasteiger partial charge in [0, 0.05) is 5.69 Å². The van der Waals surface area contributed by atoms with E-state index < -0.39 is 11.9 Å². The second-order valence-electron chi connectivity index (χ2n) is 5.45. The maximum atomic E-state index is 12.0. The minimum absolute atomic E-state index is 0.361. The minimum atomic E-state index is -0.561. The highest BCUT2D eigenvalue weighted by atomic mass is 16.5. The number of rotatable bonds is 9. The Kier molecular flexibility index (Phi) is 7.49. The molecule has 0 saturated heterocycles. The topological polar surface area (TPSA) is 73.9 Å². The molecule has 0 heterocycles. The Hall–Kier alpha value is -3.02. The molecular weight excluding hydrogens is 334 g/mol. The van der Waals surface area contributed by atoms with Crippen LogP contribution in [-0.2, 0) is 9.53 Å². The zero-order valence-electron chi connectivity index (χ0n) is 15.0. The largest absolute Gasteiger partial charge is 0.494 e. The number of carbonyl (C=O) groups is 2. The summed E-state index contributed by atoms with van der Waals surface area (Å²) in [5, 5.41) is 2.66. The third kappa shape index (κ3) is 6.12. The monoisotopic (exact) mass is 357 g/mol. The highest BCUT2D eigenvalue weighted by molar-refractivity contribution is 5.95. The lowest BCUT2D eigenvalue weighted by atomic mass is 10.2. The van der Waals surface area contributed by atoms with E-state index in [9.17, 15) is 9.59 Å². The molecule has 0 fully saturated rings. The van der Waals surface area contributed by atoms with E-state index in [0.29, 0.717) is 30.2 Å². The van der Waals surface area contributed by atoms with Gasteiger partial charge < -0.3 is 19.5 Å². The van der Waals surface area contributed by atoms with E-state index in [4.69, 9.17) is 14.2 Å². The van der Waals surface area contributed by atoms with Crippen molar-refractivity contribution in [2.45, 2.75) is 20.3 Å². The third-order valence-electron chi connectivity index (χ3n) is 3.35. The van der Waals surface area contributed by atoms with Gasteiger partial charge in [0.2, 0.25) is 0 Å². The number of ether oxygens (including phenoxy) is 3. The summed E-state index contributed by atoms with van der Waals surface area (Å²) in [5.41, 5.74) is 0.967. The van der Waals surface area contributed by atoms with Crippen LogP contribution in [0.4, 0.5) is 5.69 Å². The summed E-state index contributed by atoms with van der Waals surface area (Å²) in [6.07, 6.45) is 0.910. The van der Waals surface area contributed by atoms with E-state index in [2.05, 4.69) is 5.32 Å². The SMILES string of the molecule is CCCOc1ccc(C(=O)OCC(=O)Nc2ccc(OCC)cc2)cc1. The van der Waals surface area contributed by atoms with Gasteiger partial charge in [-0.25, -0.2) is 4.79 Å². The zero-order chi connectivity index (χ0) is 18.8. The fourth-order valence-electron chi connectivity index (χ4n) is 2.12. The average molecular weight is 357 g/mol. The van der Waals surface area contributed by atoms with Crippen LogP contribution in [0.25, 0.3) is 0 Å². The standard InChI is InChI=1S/C20H23NO5/c1-3-13-25-18-9-5-15(6-10-18)20(23)26-14-19(22)21-16-7-11-17(12-8-16)24-4-2/h5-12H,3-4,13-14H2,1-2H3,(H,21,22). The Labute approximate surface area is 153 Å². The molecule has 6 nitrogen and oxygen atoms in total. The van der Waals surface area contributed by atoms with Crippen LogP contribution in [0.1, 0.15) is 30.6 Å². The third-order valence-corrected chi connectivity index (χ3v) is 3.35. The van der Waals surface area contributed by atoms with E-state index in [0.717, 1.165) is 12.2 Å². The maximum absolute atomic E-state index is 12.0. The van der Waals surface area contributed by atoms with Gasteiger partial charge >= 0.3 is 5.97 Å². The van der Waals surface area contributed by atoms with E-state index in [-0.39, 0.29) is 6.61 Å². The first-order chi connectivity index (χ1) is 12.6. The number of hydrogen-bond donors (Lipinski definition) is 1.